The van der Waals surface area contributed by atoms with Gasteiger partial charge in [-0.3, -0.25) is 0 Å². The minimum atomic E-state index is 0. The smallest absolute Gasteiger partial charge is 0.512 e. The Bertz CT molecular complexity index is 321. The van der Waals surface area contributed by atoms with Crippen LogP contribution in [-0.2, 0) is 34.1 Å². The minimum absolute atomic E-state index is 0. The van der Waals surface area contributed by atoms with E-state index in [1.807, 2.05) is 0 Å². The molecule has 0 aromatic heterocycles. The van der Waals surface area contributed by atoms with Crippen LogP contribution in [0, 0.1) is 71.0 Å². The Hall–Kier alpha value is -3.06. The first-order valence-electron chi connectivity index (χ1n) is 4.97. The molecule has 0 heterocycles. The van der Waals surface area contributed by atoms with Gasteiger partial charge in [0.05, 0.1) is 0 Å². The summed E-state index contributed by atoms with van der Waals surface area (Å²) in [6.07, 6.45) is 19.0. The first-order chi connectivity index (χ1) is 11.0. The Balaban J connectivity index is -0.0000000213. The van der Waals surface area contributed by atoms with Crippen molar-refractivity contribution in [1.29, 1.82) is 31.6 Å². The third-order valence-electron chi connectivity index (χ3n) is 1.31. The van der Waals surface area contributed by atoms with E-state index in [4.69, 9.17) is 71.0 Å². The molecule has 2 aliphatic carbocycles. The first kappa shape index (κ1) is 49.7. The van der Waals surface area contributed by atoms with Crippen molar-refractivity contribution in [2.45, 2.75) is 12.8 Å². The predicted octanol–water partition coefficient (Wildman–Crippen LogP) is 3.58. The Morgan fingerprint density at radius 2 is 0.542 bits per heavy atom. The summed E-state index contributed by atoms with van der Waals surface area (Å²) in [6.45, 7) is 28.5. The van der Waals surface area contributed by atoms with Crippen molar-refractivity contribution < 1.29 is 34.1 Å². The van der Waals surface area contributed by atoms with Gasteiger partial charge in [-0.1, -0.05) is 48.6 Å². The van der Waals surface area contributed by atoms with Crippen LogP contribution in [0.4, 0.5) is 0 Å². The van der Waals surface area contributed by atoms with Gasteiger partial charge in [0.25, 0.3) is 0 Å². The van der Waals surface area contributed by atoms with Crippen molar-refractivity contribution >= 4 is 0 Å². The molecular formula is C16H12Fe2N6. The van der Waals surface area contributed by atoms with Crippen LogP contribution in [0.15, 0.2) is 48.6 Å². The topological polar surface area (TPSA) is 143 Å². The van der Waals surface area contributed by atoms with Crippen molar-refractivity contribution in [3.05, 3.63) is 88.0 Å². The van der Waals surface area contributed by atoms with Crippen molar-refractivity contribution in [3.8, 4) is 0 Å². The summed E-state index contributed by atoms with van der Waals surface area (Å²) in [6, 6.07) is 0. The SMILES string of the molecule is C1=CCC=C1.C1=CCC=C1.[C-]#N.[C-]#N.[C-]#N.[C-]#N.[C-]#N.[C-]#N.[Fe+6].[Fe]. The molecule has 0 radical (unpaired) electrons. The molecule has 0 N–H and O–H groups in total. The van der Waals surface area contributed by atoms with E-state index in [9.17, 15) is 0 Å². The molecule has 2 rings (SSSR count). The Morgan fingerprint density at radius 3 is 0.583 bits per heavy atom. The van der Waals surface area contributed by atoms with Crippen LogP contribution in [0.3, 0.4) is 0 Å². The fourth-order valence-electron chi connectivity index (χ4n) is 0.786. The Labute approximate surface area is 166 Å². The molecule has 2 aliphatic rings. The third kappa shape index (κ3) is 127. The van der Waals surface area contributed by atoms with Gasteiger partial charge in [-0.05, 0) is 12.8 Å². The van der Waals surface area contributed by atoms with E-state index in [0.717, 1.165) is 12.8 Å². The Morgan fingerprint density at radius 1 is 0.417 bits per heavy atom. The van der Waals surface area contributed by atoms with E-state index in [-0.39, 0.29) is 34.1 Å². The van der Waals surface area contributed by atoms with Gasteiger partial charge >= 0.3 is 17.1 Å². The van der Waals surface area contributed by atoms with E-state index in [0.29, 0.717) is 0 Å². The maximum Gasteiger partial charge on any atom is 6.00 e. The molecule has 122 valence electrons. The number of nitrogens with zero attached hydrogens (tertiary/aromatic N) is 6. The second kappa shape index (κ2) is 149. The molecule has 0 aliphatic heterocycles. The van der Waals surface area contributed by atoms with Crippen LogP contribution in [0.5, 0.6) is 0 Å². The van der Waals surface area contributed by atoms with Gasteiger partial charge in [0, 0.05) is 17.1 Å². The van der Waals surface area contributed by atoms with Crippen molar-refractivity contribution in [1.82, 2.24) is 0 Å². The first-order valence-corrected chi connectivity index (χ1v) is 4.97. The van der Waals surface area contributed by atoms with Crippen LogP contribution in [-0.4, -0.2) is 0 Å². The van der Waals surface area contributed by atoms with Crippen LogP contribution in [0.2, 0.25) is 0 Å². The minimum Gasteiger partial charge on any atom is -0.512 e. The molecule has 8 heteroatoms. The molecule has 0 fully saturated rings. The maximum absolute atomic E-state index is 6.25. The molecule has 0 atom stereocenters. The van der Waals surface area contributed by atoms with Crippen molar-refractivity contribution in [2.24, 2.45) is 0 Å². The zero-order valence-electron chi connectivity index (χ0n) is 12.4. The number of allylic oxidation sites excluding steroid dienone is 8. The van der Waals surface area contributed by atoms with E-state index in [1.165, 1.54) is 0 Å². The molecule has 0 aromatic carbocycles. The molecule has 0 spiro atoms. The summed E-state index contributed by atoms with van der Waals surface area (Å²) in [7, 11) is 0. The van der Waals surface area contributed by atoms with Gasteiger partial charge < -0.3 is 71.0 Å². The quantitative estimate of drug-likeness (QED) is 0.449. The summed E-state index contributed by atoms with van der Waals surface area (Å²) in [4.78, 5) is 0. The molecule has 6 nitrogen and oxygen atoms in total. The largest absolute Gasteiger partial charge is 6.00 e. The van der Waals surface area contributed by atoms with Gasteiger partial charge in [-0.2, -0.15) is 0 Å². The summed E-state index contributed by atoms with van der Waals surface area (Å²) in [5.74, 6) is 0. The molecule has 0 bridgehead atoms. The van der Waals surface area contributed by atoms with E-state index < -0.39 is 0 Å². The van der Waals surface area contributed by atoms with E-state index >= 15 is 0 Å². The van der Waals surface area contributed by atoms with Crippen molar-refractivity contribution in [3.63, 3.8) is 0 Å². The fraction of sp³-hybridized carbons (Fsp3) is 0.125. The normalized spacial score (nSPS) is 7.83. The fourth-order valence-corrected chi connectivity index (χ4v) is 0.786. The van der Waals surface area contributed by atoms with Gasteiger partial charge in [0.2, 0.25) is 0 Å². The van der Waals surface area contributed by atoms with Gasteiger partial charge in [-0.25, -0.2) is 0 Å². The molecule has 0 amide bonds. The summed E-state index contributed by atoms with van der Waals surface area (Å²) in [5, 5.41) is 37.5. The van der Waals surface area contributed by atoms with Gasteiger partial charge in [0.15, 0.2) is 0 Å². The average molecular weight is 400 g/mol. The van der Waals surface area contributed by atoms with Crippen LogP contribution in [0.1, 0.15) is 12.8 Å². The third-order valence-corrected chi connectivity index (χ3v) is 1.31. The zero-order valence-corrected chi connectivity index (χ0v) is 14.6. The van der Waals surface area contributed by atoms with Crippen LogP contribution in [0.25, 0.3) is 0 Å². The zero-order chi connectivity index (χ0) is 19.1. The predicted molar refractivity (Wildman–Crippen MR) is 75.6 cm³/mol. The van der Waals surface area contributed by atoms with Crippen LogP contribution < -0.4 is 0 Å². The number of hydrogen-bond acceptors (Lipinski definition) is 6. The molecule has 24 heavy (non-hydrogen) atoms. The molecule has 0 saturated heterocycles. The monoisotopic (exact) mass is 400 g/mol. The maximum atomic E-state index is 6.25. The molecule has 0 aromatic rings. The van der Waals surface area contributed by atoms with Crippen LogP contribution >= 0.6 is 0 Å². The van der Waals surface area contributed by atoms with Gasteiger partial charge in [-0.15, -0.1) is 0 Å². The molecular weight excluding hydrogens is 388 g/mol. The second-order valence-corrected chi connectivity index (χ2v) is 2.18. The molecule has 0 saturated carbocycles. The second-order valence-electron chi connectivity index (χ2n) is 2.18. The average Bonchev–Trinajstić information content (AvgIpc) is 3.43. The summed E-state index contributed by atoms with van der Waals surface area (Å²) in [5.41, 5.74) is 0. The Kier molecular flexibility index (Phi) is 308. The van der Waals surface area contributed by atoms with E-state index in [1.54, 1.807) is 0 Å². The van der Waals surface area contributed by atoms with E-state index in [2.05, 4.69) is 48.6 Å². The number of rotatable bonds is 0. The molecule has 0 unspecified atom stereocenters. The number of hydrogen-bond donors (Lipinski definition) is 0. The summed E-state index contributed by atoms with van der Waals surface area (Å²) < 4.78 is 0. The van der Waals surface area contributed by atoms with Gasteiger partial charge in [0.1, 0.15) is 0 Å². The summed E-state index contributed by atoms with van der Waals surface area (Å²) >= 11 is 0. The standard InChI is InChI=1S/2C5H6.6CN.2Fe/c2*1-2-4-5-3-1;6*1-2;;/h2*1-4H,5H2;;;;;;;;/q;;6*-1;;+6. The van der Waals surface area contributed by atoms with Crippen molar-refractivity contribution in [2.75, 3.05) is 0 Å².